The molecule has 0 saturated heterocycles. The molecule has 0 spiro atoms. The van der Waals surface area contributed by atoms with Gasteiger partial charge in [0.1, 0.15) is 0 Å². The standard InChI is InChI=1S/C17H26/c1-2-3-4-5-8-11-14-17-15-12-9-6-7-10-13-16-17/h4-5,8-9,11-12,15H,2-3,6-7,10,13-14,16H2,1H3. The summed E-state index contributed by atoms with van der Waals surface area (Å²) in [6.07, 6.45) is 25.9. The second-order valence-corrected chi connectivity index (χ2v) is 4.70. The molecule has 1 rings (SSSR count). The second-order valence-electron chi connectivity index (χ2n) is 4.70. The highest BCUT2D eigenvalue weighted by Gasteiger charge is 1.96. The van der Waals surface area contributed by atoms with Gasteiger partial charge in [0.15, 0.2) is 0 Å². The van der Waals surface area contributed by atoms with Crippen molar-refractivity contribution >= 4 is 0 Å². The van der Waals surface area contributed by atoms with Crippen molar-refractivity contribution in [3.05, 3.63) is 48.1 Å². The molecule has 0 bridgehead atoms. The molecule has 1 aliphatic rings. The first-order chi connectivity index (χ1) is 8.43. The van der Waals surface area contributed by atoms with Gasteiger partial charge in [-0.15, -0.1) is 0 Å². The molecule has 0 aromatic carbocycles. The summed E-state index contributed by atoms with van der Waals surface area (Å²) >= 11 is 0. The van der Waals surface area contributed by atoms with Gasteiger partial charge in [-0.3, -0.25) is 0 Å². The summed E-state index contributed by atoms with van der Waals surface area (Å²) in [6.45, 7) is 2.21. The van der Waals surface area contributed by atoms with Gasteiger partial charge in [0.05, 0.1) is 0 Å². The molecule has 0 N–H and O–H groups in total. The molecule has 0 aromatic rings. The van der Waals surface area contributed by atoms with E-state index in [4.69, 9.17) is 0 Å². The summed E-state index contributed by atoms with van der Waals surface area (Å²) in [5.41, 5.74) is 1.57. The smallest absolute Gasteiger partial charge is 0.0133 e. The van der Waals surface area contributed by atoms with Crippen LogP contribution in [0.1, 0.15) is 58.3 Å². The average Bonchev–Trinajstić information content (AvgIpc) is 2.47. The van der Waals surface area contributed by atoms with Crippen LogP contribution in [-0.2, 0) is 0 Å². The number of hydrogen-bond acceptors (Lipinski definition) is 0. The normalized spacial score (nSPS) is 18.1. The lowest BCUT2D eigenvalue weighted by Crippen LogP contribution is -1.82. The minimum atomic E-state index is 1.11. The van der Waals surface area contributed by atoms with Crippen LogP contribution < -0.4 is 0 Å². The van der Waals surface area contributed by atoms with Gasteiger partial charge >= 0.3 is 0 Å². The highest BCUT2D eigenvalue weighted by Crippen LogP contribution is 2.16. The molecule has 0 radical (unpaired) electrons. The Morgan fingerprint density at radius 3 is 2.88 bits per heavy atom. The predicted octanol–water partition coefficient (Wildman–Crippen LogP) is 5.74. The Morgan fingerprint density at radius 2 is 2.00 bits per heavy atom. The van der Waals surface area contributed by atoms with Crippen molar-refractivity contribution in [3.63, 3.8) is 0 Å². The van der Waals surface area contributed by atoms with Gasteiger partial charge in [-0.25, -0.2) is 0 Å². The third-order valence-electron chi connectivity index (χ3n) is 3.06. The van der Waals surface area contributed by atoms with Crippen LogP contribution in [0.5, 0.6) is 0 Å². The van der Waals surface area contributed by atoms with E-state index in [1.54, 1.807) is 5.57 Å². The zero-order chi connectivity index (χ0) is 12.2. The lowest BCUT2D eigenvalue weighted by Gasteiger charge is -2.02. The molecule has 17 heavy (non-hydrogen) atoms. The van der Waals surface area contributed by atoms with Gasteiger partial charge in [0, 0.05) is 0 Å². The first-order valence-electron chi connectivity index (χ1n) is 7.09. The van der Waals surface area contributed by atoms with Crippen LogP contribution in [0.2, 0.25) is 0 Å². The second kappa shape index (κ2) is 10.1. The van der Waals surface area contributed by atoms with Gasteiger partial charge in [0.2, 0.25) is 0 Å². The van der Waals surface area contributed by atoms with E-state index in [0.717, 1.165) is 6.42 Å². The van der Waals surface area contributed by atoms with Crippen LogP contribution in [-0.4, -0.2) is 0 Å². The zero-order valence-electron chi connectivity index (χ0n) is 11.2. The molecule has 0 amide bonds. The van der Waals surface area contributed by atoms with Crippen molar-refractivity contribution in [2.24, 2.45) is 0 Å². The summed E-state index contributed by atoms with van der Waals surface area (Å²) in [4.78, 5) is 0. The van der Waals surface area contributed by atoms with Crippen molar-refractivity contribution in [2.45, 2.75) is 58.3 Å². The maximum Gasteiger partial charge on any atom is -0.0133 e. The minimum absolute atomic E-state index is 1.11. The molecule has 0 saturated carbocycles. The van der Waals surface area contributed by atoms with E-state index in [2.05, 4.69) is 49.5 Å². The highest BCUT2D eigenvalue weighted by molar-refractivity contribution is 5.17. The van der Waals surface area contributed by atoms with E-state index in [1.165, 1.54) is 44.9 Å². The molecule has 0 fully saturated rings. The Bertz CT molecular complexity index is 289. The highest BCUT2D eigenvalue weighted by atomic mass is 14.0. The van der Waals surface area contributed by atoms with E-state index in [0.29, 0.717) is 0 Å². The number of unbranched alkanes of at least 4 members (excludes halogenated alkanes) is 1. The Labute approximate surface area is 107 Å². The summed E-state index contributed by atoms with van der Waals surface area (Å²) < 4.78 is 0. The first kappa shape index (κ1) is 14.0. The molecule has 0 atom stereocenters. The molecule has 0 aromatic heterocycles. The van der Waals surface area contributed by atoms with E-state index < -0.39 is 0 Å². The number of allylic oxidation sites excluding steroid dienone is 8. The van der Waals surface area contributed by atoms with E-state index in [-0.39, 0.29) is 0 Å². The number of hydrogen-bond donors (Lipinski definition) is 0. The first-order valence-corrected chi connectivity index (χ1v) is 7.09. The van der Waals surface area contributed by atoms with E-state index in [1.807, 2.05) is 0 Å². The Balaban J connectivity index is 2.32. The van der Waals surface area contributed by atoms with Crippen LogP contribution in [0.3, 0.4) is 0 Å². The minimum Gasteiger partial charge on any atom is -0.0846 e. The summed E-state index contributed by atoms with van der Waals surface area (Å²) in [7, 11) is 0. The summed E-state index contributed by atoms with van der Waals surface area (Å²) in [5.74, 6) is 0. The van der Waals surface area contributed by atoms with Crippen LogP contribution in [0, 0.1) is 0 Å². The monoisotopic (exact) mass is 230 g/mol. The quantitative estimate of drug-likeness (QED) is 0.529. The molecule has 0 nitrogen and oxygen atoms in total. The topological polar surface area (TPSA) is 0 Å². The Kier molecular flexibility index (Phi) is 8.36. The van der Waals surface area contributed by atoms with Crippen LogP contribution >= 0.6 is 0 Å². The Hall–Kier alpha value is -1.04. The van der Waals surface area contributed by atoms with Crippen LogP contribution in [0.4, 0.5) is 0 Å². The third-order valence-corrected chi connectivity index (χ3v) is 3.06. The molecule has 94 valence electrons. The fourth-order valence-corrected chi connectivity index (χ4v) is 1.98. The average molecular weight is 230 g/mol. The molecule has 0 unspecified atom stereocenters. The van der Waals surface area contributed by atoms with Crippen molar-refractivity contribution in [1.29, 1.82) is 0 Å². The molecule has 0 heterocycles. The van der Waals surface area contributed by atoms with Crippen molar-refractivity contribution in [1.82, 2.24) is 0 Å². The lowest BCUT2D eigenvalue weighted by atomic mass is 10.0. The van der Waals surface area contributed by atoms with E-state index >= 15 is 0 Å². The maximum atomic E-state index is 2.31. The zero-order valence-corrected chi connectivity index (χ0v) is 11.2. The van der Waals surface area contributed by atoms with Crippen LogP contribution in [0.25, 0.3) is 0 Å². The summed E-state index contributed by atoms with van der Waals surface area (Å²) in [5, 5.41) is 0. The van der Waals surface area contributed by atoms with Gasteiger partial charge in [-0.1, -0.05) is 67.9 Å². The molecular weight excluding hydrogens is 204 g/mol. The fraction of sp³-hybridized carbons (Fsp3) is 0.529. The van der Waals surface area contributed by atoms with Crippen molar-refractivity contribution in [2.75, 3.05) is 0 Å². The third kappa shape index (κ3) is 7.79. The van der Waals surface area contributed by atoms with Gasteiger partial charge in [-0.2, -0.15) is 0 Å². The summed E-state index contributed by atoms with van der Waals surface area (Å²) in [6, 6.07) is 0. The van der Waals surface area contributed by atoms with Gasteiger partial charge in [-0.05, 0) is 38.5 Å². The largest absolute Gasteiger partial charge is 0.0846 e. The maximum absolute atomic E-state index is 2.31. The molecule has 0 aliphatic heterocycles. The van der Waals surface area contributed by atoms with Crippen molar-refractivity contribution < 1.29 is 0 Å². The van der Waals surface area contributed by atoms with Crippen LogP contribution in [0.15, 0.2) is 48.1 Å². The SMILES string of the molecule is CCCC=CC=CCC1=CC=CCCCCC1. The van der Waals surface area contributed by atoms with E-state index in [9.17, 15) is 0 Å². The van der Waals surface area contributed by atoms with Gasteiger partial charge < -0.3 is 0 Å². The number of rotatable bonds is 5. The fourth-order valence-electron chi connectivity index (χ4n) is 1.98. The van der Waals surface area contributed by atoms with Gasteiger partial charge in [0.25, 0.3) is 0 Å². The van der Waals surface area contributed by atoms with Crippen molar-refractivity contribution in [3.8, 4) is 0 Å². The molecule has 0 heteroatoms. The molecule has 1 aliphatic carbocycles. The Morgan fingerprint density at radius 1 is 1.12 bits per heavy atom. The lowest BCUT2D eigenvalue weighted by molar-refractivity contribution is 0.682. The predicted molar refractivity (Wildman–Crippen MR) is 78.1 cm³/mol. The molecular formula is C17H26.